The van der Waals surface area contributed by atoms with Crippen LogP contribution in [0.2, 0.25) is 5.02 Å². The predicted molar refractivity (Wildman–Crippen MR) is 95.7 cm³/mol. The Morgan fingerprint density at radius 2 is 2.04 bits per heavy atom. The number of nitro groups is 1. The molecular weight excluding hydrogens is 362 g/mol. The third kappa shape index (κ3) is 3.70. The molecule has 0 radical (unpaired) electrons. The number of aliphatic imine (C=N–C) groups is 2. The Bertz CT molecular complexity index is 924. The van der Waals surface area contributed by atoms with Crippen LogP contribution in [0.15, 0.2) is 52.4 Å². The Kier molecular flexibility index (Phi) is 4.94. The zero-order valence-corrected chi connectivity index (χ0v) is 14.2. The number of cyclic esters (lactones) is 1. The lowest BCUT2D eigenvalue weighted by atomic mass is 10.2. The fourth-order valence-corrected chi connectivity index (χ4v) is 2.35. The summed E-state index contributed by atoms with van der Waals surface area (Å²) in [6.07, 6.45) is 1.26. The van der Waals surface area contributed by atoms with Crippen molar-refractivity contribution in [3.8, 4) is 5.75 Å². The molecule has 0 aliphatic carbocycles. The second-order valence-electron chi connectivity index (χ2n) is 5.20. The lowest BCUT2D eigenvalue weighted by molar-refractivity contribution is -0.384. The zero-order valence-electron chi connectivity index (χ0n) is 13.5. The number of hydrogen-bond donors (Lipinski definition) is 0. The Hall–Kier alpha value is -3.26. The SMILES string of the molecule is COc1ccc([N+](=O)[O-])cc1N=CC1N=C(c2ccc(Cl)cc2)OC1=O. The first kappa shape index (κ1) is 17.6. The minimum Gasteiger partial charge on any atom is -0.494 e. The average molecular weight is 374 g/mol. The molecule has 0 fully saturated rings. The highest BCUT2D eigenvalue weighted by molar-refractivity contribution is 6.30. The summed E-state index contributed by atoms with van der Waals surface area (Å²) in [4.78, 5) is 30.6. The van der Waals surface area contributed by atoms with Crippen molar-refractivity contribution in [2.75, 3.05) is 7.11 Å². The molecule has 1 aliphatic heterocycles. The number of rotatable bonds is 5. The molecule has 1 unspecified atom stereocenters. The number of carbonyl (C=O) groups excluding carboxylic acids is 1. The summed E-state index contributed by atoms with van der Waals surface area (Å²) in [5, 5.41) is 11.4. The van der Waals surface area contributed by atoms with Gasteiger partial charge in [0.1, 0.15) is 11.4 Å². The average Bonchev–Trinajstić information content (AvgIpc) is 3.01. The minimum atomic E-state index is -0.954. The maximum Gasteiger partial charge on any atom is 0.343 e. The fraction of sp³-hybridized carbons (Fsp3) is 0.118. The number of non-ortho nitro benzene ring substituents is 1. The second kappa shape index (κ2) is 7.32. The third-order valence-corrected chi connectivity index (χ3v) is 3.77. The van der Waals surface area contributed by atoms with Crippen LogP contribution in [-0.2, 0) is 9.53 Å². The van der Waals surface area contributed by atoms with Crippen LogP contribution in [0, 0.1) is 10.1 Å². The lowest BCUT2D eigenvalue weighted by Crippen LogP contribution is -2.16. The molecule has 0 saturated carbocycles. The Morgan fingerprint density at radius 1 is 1.31 bits per heavy atom. The van der Waals surface area contributed by atoms with Gasteiger partial charge in [-0.1, -0.05) is 11.6 Å². The number of halogens is 1. The molecule has 2 aromatic carbocycles. The van der Waals surface area contributed by atoms with Gasteiger partial charge in [-0.2, -0.15) is 0 Å². The molecule has 9 heteroatoms. The van der Waals surface area contributed by atoms with Crippen molar-refractivity contribution < 1.29 is 19.2 Å². The van der Waals surface area contributed by atoms with E-state index in [0.29, 0.717) is 16.3 Å². The Balaban J connectivity index is 1.86. The first-order valence-electron chi connectivity index (χ1n) is 7.40. The Morgan fingerprint density at radius 3 is 2.69 bits per heavy atom. The van der Waals surface area contributed by atoms with Crippen LogP contribution in [0.5, 0.6) is 5.75 Å². The van der Waals surface area contributed by atoms with Gasteiger partial charge in [0, 0.05) is 28.9 Å². The molecule has 1 aliphatic rings. The van der Waals surface area contributed by atoms with E-state index in [1.165, 1.54) is 31.5 Å². The molecule has 0 amide bonds. The molecule has 2 aromatic rings. The lowest BCUT2D eigenvalue weighted by Gasteiger charge is -2.03. The molecule has 8 nitrogen and oxygen atoms in total. The number of nitro benzene ring substituents is 1. The number of methoxy groups -OCH3 is 1. The van der Waals surface area contributed by atoms with E-state index in [9.17, 15) is 14.9 Å². The quantitative estimate of drug-likeness (QED) is 0.346. The number of esters is 1. The van der Waals surface area contributed by atoms with Gasteiger partial charge in [0.25, 0.3) is 5.69 Å². The van der Waals surface area contributed by atoms with Gasteiger partial charge >= 0.3 is 5.97 Å². The van der Waals surface area contributed by atoms with Crippen LogP contribution in [-0.4, -0.2) is 36.2 Å². The number of carbonyl (C=O) groups is 1. The van der Waals surface area contributed by atoms with Gasteiger partial charge in [0.2, 0.25) is 5.90 Å². The minimum absolute atomic E-state index is 0.141. The second-order valence-corrected chi connectivity index (χ2v) is 5.63. The molecule has 1 atom stereocenters. The van der Waals surface area contributed by atoms with Gasteiger partial charge in [-0.25, -0.2) is 9.79 Å². The van der Waals surface area contributed by atoms with Crippen LogP contribution in [0.4, 0.5) is 11.4 Å². The van der Waals surface area contributed by atoms with Gasteiger partial charge in [-0.15, -0.1) is 0 Å². The normalized spacial score (nSPS) is 16.5. The van der Waals surface area contributed by atoms with Crippen molar-refractivity contribution in [1.29, 1.82) is 0 Å². The van der Waals surface area contributed by atoms with Gasteiger partial charge in [-0.3, -0.25) is 15.1 Å². The van der Waals surface area contributed by atoms with Crippen LogP contribution < -0.4 is 4.74 Å². The summed E-state index contributed by atoms with van der Waals surface area (Å²) in [5.41, 5.74) is 0.675. The number of nitrogens with zero attached hydrogens (tertiary/aromatic N) is 3. The van der Waals surface area contributed by atoms with Gasteiger partial charge in [0.15, 0.2) is 6.04 Å². The predicted octanol–water partition coefficient (Wildman–Crippen LogP) is 3.33. The van der Waals surface area contributed by atoms with E-state index < -0.39 is 16.9 Å². The molecule has 26 heavy (non-hydrogen) atoms. The van der Waals surface area contributed by atoms with E-state index in [1.807, 2.05) is 0 Å². The van der Waals surface area contributed by atoms with E-state index >= 15 is 0 Å². The van der Waals surface area contributed by atoms with Crippen LogP contribution in [0.3, 0.4) is 0 Å². The molecule has 0 aromatic heterocycles. The first-order valence-corrected chi connectivity index (χ1v) is 7.78. The molecular formula is C17H12ClN3O5. The van der Waals surface area contributed by atoms with Crippen molar-refractivity contribution in [3.05, 3.63) is 63.2 Å². The van der Waals surface area contributed by atoms with Crippen molar-refractivity contribution >= 4 is 41.1 Å². The maximum atomic E-state index is 12.0. The summed E-state index contributed by atoms with van der Waals surface area (Å²) in [7, 11) is 1.42. The molecule has 3 rings (SSSR count). The highest BCUT2D eigenvalue weighted by Gasteiger charge is 2.28. The summed E-state index contributed by atoms with van der Waals surface area (Å²) in [5.74, 6) is -0.0997. The highest BCUT2D eigenvalue weighted by Crippen LogP contribution is 2.31. The maximum absolute atomic E-state index is 12.0. The molecule has 0 spiro atoms. The monoisotopic (exact) mass is 373 g/mol. The van der Waals surface area contributed by atoms with Crippen molar-refractivity contribution in [2.24, 2.45) is 9.98 Å². The highest BCUT2D eigenvalue weighted by atomic mass is 35.5. The van der Waals surface area contributed by atoms with Crippen molar-refractivity contribution in [3.63, 3.8) is 0 Å². The number of ether oxygens (including phenoxy) is 2. The summed E-state index contributed by atoms with van der Waals surface area (Å²) >= 11 is 5.83. The molecule has 0 N–H and O–H groups in total. The topological polar surface area (TPSA) is 103 Å². The van der Waals surface area contributed by atoms with Crippen molar-refractivity contribution in [2.45, 2.75) is 6.04 Å². The number of benzene rings is 2. The smallest absolute Gasteiger partial charge is 0.343 e. The van der Waals surface area contributed by atoms with Gasteiger partial charge in [0.05, 0.1) is 12.0 Å². The van der Waals surface area contributed by atoms with Crippen molar-refractivity contribution in [1.82, 2.24) is 0 Å². The largest absolute Gasteiger partial charge is 0.494 e. The first-order chi connectivity index (χ1) is 12.5. The van der Waals surface area contributed by atoms with Crippen LogP contribution in [0.1, 0.15) is 5.56 Å². The molecule has 1 heterocycles. The summed E-state index contributed by atoms with van der Waals surface area (Å²) in [6, 6.07) is 9.70. The summed E-state index contributed by atoms with van der Waals surface area (Å²) in [6.45, 7) is 0. The van der Waals surface area contributed by atoms with E-state index in [4.69, 9.17) is 21.1 Å². The third-order valence-electron chi connectivity index (χ3n) is 3.51. The van der Waals surface area contributed by atoms with Crippen LogP contribution >= 0.6 is 11.6 Å². The molecule has 0 bridgehead atoms. The fourth-order valence-electron chi connectivity index (χ4n) is 2.22. The number of hydrogen-bond acceptors (Lipinski definition) is 7. The van der Waals surface area contributed by atoms with Gasteiger partial charge < -0.3 is 9.47 Å². The van der Waals surface area contributed by atoms with Crippen LogP contribution in [0.25, 0.3) is 0 Å². The molecule has 132 valence electrons. The van der Waals surface area contributed by atoms with E-state index in [2.05, 4.69) is 9.98 Å². The van der Waals surface area contributed by atoms with E-state index in [-0.39, 0.29) is 17.3 Å². The molecule has 0 saturated heterocycles. The van der Waals surface area contributed by atoms with Gasteiger partial charge in [-0.05, 0) is 30.3 Å². The van der Waals surface area contributed by atoms with E-state index in [0.717, 1.165) is 0 Å². The zero-order chi connectivity index (χ0) is 18.7. The summed E-state index contributed by atoms with van der Waals surface area (Å²) < 4.78 is 10.3. The van der Waals surface area contributed by atoms with E-state index in [1.54, 1.807) is 24.3 Å². The standard InChI is InChI=1S/C17H12ClN3O5/c1-25-15-7-6-12(21(23)24)8-13(15)19-9-14-17(22)26-16(20-14)10-2-4-11(18)5-3-10/h2-9,14H,1H3. The Labute approximate surface area is 152 Å².